The summed E-state index contributed by atoms with van der Waals surface area (Å²) in [6.45, 7) is 2.14. The molecule has 0 aliphatic heterocycles. The number of aliphatic hydroxyl groups excluding tert-OH is 1. The van der Waals surface area contributed by atoms with Crippen LogP contribution in [0.4, 0.5) is 0 Å². The fourth-order valence-corrected chi connectivity index (χ4v) is 2.57. The van der Waals surface area contributed by atoms with Gasteiger partial charge in [0.2, 0.25) is 0 Å². The minimum atomic E-state index is -3.13. The number of ether oxygens (including phenoxy) is 1. The van der Waals surface area contributed by atoms with Crippen LogP contribution in [0.25, 0.3) is 0 Å². The molecule has 0 saturated heterocycles. The van der Waals surface area contributed by atoms with E-state index in [1.54, 1.807) is 0 Å². The average Bonchev–Trinajstić information content (AvgIpc) is 2.35. The van der Waals surface area contributed by atoms with Crippen LogP contribution in [0.5, 0.6) is 5.75 Å². The first kappa shape index (κ1) is 15.0. The largest absolute Gasteiger partial charge is 0.494 e. The number of hydrogen-bond donors (Lipinski definition) is 1. The lowest BCUT2D eigenvalue weighted by atomic mass is 10.2. The standard InChI is InChI=1S/C13H20O4S/c1-2-12-4-6-13(7-5-12)17-9-3-10-18(15,16)11-8-14/h4-7,14H,2-3,8-11H2,1H3. The van der Waals surface area contributed by atoms with E-state index in [1.807, 2.05) is 24.3 Å². The Hall–Kier alpha value is -1.07. The zero-order chi connectivity index (χ0) is 13.4. The van der Waals surface area contributed by atoms with Crippen LogP contribution >= 0.6 is 0 Å². The third-order valence-electron chi connectivity index (χ3n) is 2.60. The predicted molar refractivity (Wildman–Crippen MR) is 71.7 cm³/mol. The van der Waals surface area contributed by atoms with E-state index in [0.717, 1.165) is 12.2 Å². The fraction of sp³-hybridized carbons (Fsp3) is 0.538. The van der Waals surface area contributed by atoms with Crippen molar-refractivity contribution in [3.05, 3.63) is 29.8 Å². The molecule has 1 rings (SSSR count). The van der Waals surface area contributed by atoms with Gasteiger partial charge in [-0.15, -0.1) is 0 Å². The fourth-order valence-electron chi connectivity index (χ4n) is 1.53. The molecular weight excluding hydrogens is 252 g/mol. The third kappa shape index (κ3) is 5.51. The number of benzene rings is 1. The molecule has 0 fully saturated rings. The Morgan fingerprint density at radius 2 is 1.83 bits per heavy atom. The van der Waals surface area contributed by atoms with E-state index in [1.165, 1.54) is 5.56 Å². The summed E-state index contributed by atoms with van der Waals surface area (Å²) in [5.74, 6) is 0.644. The number of sulfone groups is 1. The summed E-state index contributed by atoms with van der Waals surface area (Å²) in [5, 5.41) is 8.58. The van der Waals surface area contributed by atoms with Crippen LogP contribution in [0.1, 0.15) is 18.9 Å². The molecule has 0 heterocycles. The number of rotatable bonds is 8. The Balaban J connectivity index is 2.29. The summed E-state index contributed by atoms with van der Waals surface area (Å²) >= 11 is 0. The van der Waals surface area contributed by atoms with Crippen molar-refractivity contribution in [2.45, 2.75) is 19.8 Å². The van der Waals surface area contributed by atoms with Crippen LogP contribution in [0.15, 0.2) is 24.3 Å². The monoisotopic (exact) mass is 272 g/mol. The van der Waals surface area contributed by atoms with Crippen molar-refractivity contribution in [3.8, 4) is 5.75 Å². The second kappa shape index (κ2) is 7.38. The van der Waals surface area contributed by atoms with Crippen LogP contribution in [0.3, 0.4) is 0 Å². The normalized spacial score (nSPS) is 11.4. The van der Waals surface area contributed by atoms with Gasteiger partial charge < -0.3 is 9.84 Å². The number of aryl methyl sites for hydroxylation is 1. The highest BCUT2D eigenvalue weighted by Crippen LogP contribution is 2.12. The zero-order valence-corrected chi connectivity index (χ0v) is 11.4. The van der Waals surface area contributed by atoms with Crippen LogP contribution in [-0.4, -0.2) is 38.2 Å². The molecule has 0 atom stereocenters. The summed E-state index contributed by atoms with van der Waals surface area (Å²) in [5.41, 5.74) is 1.24. The van der Waals surface area contributed by atoms with Crippen LogP contribution in [0, 0.1) is 0 Å². The second-order valence-corrected chi connectivity index (χ2v) is 6.38. The van der Waals surface area contributed by atoms with Gasteiger partial charge >= 0.3 is 0 Å². The van der Waals surface area contributed by atoms with Gasteiger partial charge in [-0.25, -0.2) is 8.42 Å². The van der Waals surface area contributed by atoms with E-state index in [2.05, 4.69) is 6.92 Å². The lowest BCUT2D eigenvalue weighted by molar-refractivity contribution is 0.314. The van der Waals surface area contributed by atoms with Gasteiger partial charge in [-0.05, 0) is 30.5 Å². The number of hydrogen-bond acceptors (Lipinski definition) is 4. The Morgan fingerprint density at radius 3 is 2.39 bits per heavy atom. The minimum absolute atomic E-state index is 0.0562. The van der Waals surface area contributed by atoms with Crippen molar-refractivity contribution in [2.24, 2.45) is 0 Å². The lowest BCUT2D eigenvalue weighted by Gasteiger charge is -2.07. The van der Waals surface area contributed by atoms with Gasteiger partial charge in [0.05, 0.1) is 24.7 Å². The van der Waals surface area contributed by atoms with Gasteiger partial charge in [0.15, 0.2) is 9.84 Å². The maximum Gasteiger partial charge on any atom is 0.152 e. The molecule has 0 amide bonds. The number of aliphatic hydroxyl groups is 1. The third-order valence-corrected chi connectivity index (χ3v) is 4.32. The van der Waals surface area contributed by atoms with Crippen LogP contribution < -0.4 is 4.74 Å². The van der Waals surface area contributed by atoms with E-state index in [9.17, 15) is 8.42 Å². The quantitative estimate of drug-likeness (QED) is 0.727. The van der Waals surface area contributed by atoms with Crippen molar-refractivity contribution in [1.82, 2.24) is 0 Å². The molecule has 0 aliphatic rings. The molecule has 0 aromatic heterocycles. The molecule has 0 unspecified atom stereocenters. The Kier molecular flexibility index (Phi) is 6.15. The first-order valence-corrected chi connectivity index (χ1v) is 7.92. The maximum absolute atomic E-state index is 11.3. The average molecular weight is 272 g/mol. The van der Waals surface area contributed by atoms with Crippen molar-refractivity contribution >= 4 is 9.84 Å². The Labute approximate surface area is 109 Å². The maximum atomic E-state index is 11.3. The SMILES string of the molecule is CCc1ccc(OCCCS(=O)(=O)CCO)cc1. The molecule has 1 aromatic carbocycles. The smallest absolute Gasteiger partial charge is 0.152 e. The molecule has 0 bridgehead atoms. The molecule has 1 N–H and O–H groups in total. The second-order valence-electron chi connectivity index (χ2n) is 4.07. The first-order chi connectivity index (χ1) is 8.57. The molecule has 0 radical (unpaired) electrons. The van der Waals surface area contributed by atoms with E-state index in [0.29, 0.717) is 13.0 Å². The summed E-state index contributed by atoms with van der Waals surface area (Å²) in [7, 11) is -3.13. The predicted octanol–water partition coefficient (Wildman–Crippen LogP) is 1.43. The zero-order valence-electron chi connectivity index (χ0n) is 10.6. The van der Waals surface area contributed by atoms with Gasteiger partial charge in [0.1, 0.15) is 5.75 Å². The van der Waals surface area contributed by atoms with E-state index in [-0.39, 0.29) is 18.1 Å². The molecule has 5 heteroatoms. The van der Waals surface area contributed by atoms with Crippen molar-refractivity contribution in [2.75, 3.05) is 24.7 Å². The van der Waals surface area contributed by atoms with Crippen LogP contribution in [0.2, 0.25) is 0 Å². The van der Waals surface area contributed by atoms with Crippen molar-refractivity contribution in [1.29, 1.82) is 0 Å². The molecule has 0 saturated carbocycles. The summed E-state index contributed by atoms with van der Waals surface area (Å²) in [6.07, 6.45) is 1.43. The highest BCUT2D eigenvalue weighted by molar-refractivity contribution is 7.91. The molecule has 102 valence electrons. The highest BCUT2D eigenvalue weighted by atomic mass is 32.2. The highest BCUT2D eigenvalue weighted by Gasteiger charge is 2.09. The Bertz CT molecular complexity index is 437. The van der Waals surface area contributed by atoms with E-state index < -0.39 is 9.84 Å². The first-order valence-electron chi connectivity index (χ1n) is 6.10. The van der Waals surface area contributed by atoms with Gasteiger partial charge in [0, 0.05) is 0 Å². The molecule has 1 aromatic rings. The molecule has 4 nitrogen and oxygen atoms in total. The van der Waals surface area contributed by atoms with Crippen LogP contribution in [-0.2, 0) is 16.3 Å². The molecular formula is C13H20O4S. The molecule has 0 aliphatic carbocycles. The molecule has 0 spiro atoms. The molecule has 18 heavy (non-hydrogen) atoms. The van der Waals surface area contributed by atoms with Crippen molar-refractivity contribution < 1.29 is 18.3 Å². The minimum Gasteiger partial charge on any atom is -0.494 e. The van der Waals surface area contributed by atoms with Gasteiger partial charge in [0.25, 0.3) is 0 Å². The van der Waals surface area contributed by atoms with E-state index in [4.69, 9.17) is 9.84 Å². The summed E-state index contributed by atoms with van der Waals surface area (Å²) < 4.78 is 28.1. The van der Waals surface area contributed by atoms with Crippen molar-refractivity contribution in [3.63, 3.8) is 0 Å². The summed E-state index contributed by atoms with van der Waals surface area (Å²) in [4.78, 5) is 0. The van der Waals surface area contributed by atoms with E-state index >= 15 is 0 Å². The lowest BCUT2D eigenvalue weighted by Crippen LogP contribution is -2.15. The Morgan fingerprint density at radius 1 is 1.17 bits per heavy atom. The summed E-state index contributed by atoms with van der Waals surface area (Å²) in [6, 6.07) is 7.78. The van der Waals surface area contributed by atoms with Gasteiger partial charge in [-0.2, -0.15) is 0 Å². The van der Waals surface area contributed by atoms with Gasteiger partial charge in [-0.3, -0.25) is 0 Å². The topological polar surface area (TPSA) is 63.6 Å². The van der Waals surface area contributed by atoms with Gasteiger partial charge in [-0.1, -0.05) is 19.1 Å².